The second-order valence-corrected chi connectivity index (χ2v) is 8.81. The highest BCUT2D eigenvalue weighted by molar-refractivity contribution is 6.00. The van der Waals surface area contributed by atoms with Gasteiger partial charge in [0.05, 0.1) is 12.1 Å². The molecule has 2 amide bonds. The Labute approximate surface area is 211 Å². The monoisotopic (exact) mass is 485 g/mol. The first-order chi connectivity index (χ1) is 17.5. The highest BCUT2D eigenvalue weighted by Crippen LogP contribution is 2.22. The van der Waals surface area contributed by atoms with Gasteiger partial charge in [-0.25, -0.2) is 4.79 Å². The number of carbonyl (C=O) groups excluding carboxylic acids is 3. The van der Waals surface area contributed by atoms with Crippen molar-refractivity contribution in [3.63, 3.8) is 0 Å². The molecule has 3 aromatic rings. The third-order valence-corrected chi connectivity index (χ3v) is 6.44. The molecule has 0 saturated carbocycles. The van der Waals surface area contributed by atoms with E-state index in [0.29, 0.717) is 43.9 Å². The zero-order valence-electron chi connectivity index (χ0n) is 20.7. The van der Waals surface area contributed by atoms with Gasteiger partial charge in [0, 0.05) is 45.3 Å². The highest BCUT2D eigenvalue weighted by Gasteiger charge is 2.25. The van der Waals surface area contributed by atoms with Crippen molar-refractivity contribution in [3.05, 3.63) is 90.0 Å². The van der Waals surface area contributed by atoms with Gasteiger partial charge in [-0.2, -0.15) is 0 Å². The summed E-state index contributed by atoms with van der Waals surface area (Å²) in [5.74, 6) is 0.146. The van der Waals surface area contributed by atoms with Crippen LogP contribution in [-0.4, -0.2) is 78.8 Å². The van der Waals surface area contributed by atoms with Crippen LogP contribution in [0.5, 0.6) is 5.75 Å². The van der Waals surface area contributed by atoms with E-state index in [1.165, 1.54) is 4.90 Å². The second-order valence-electron chi connectivity index (χ2n) is 8.81. The number of hydrogen-bond acceptors (Lipinski definition) is 5. The molecule has 0 aromatic heterocycles. The summed E-state index contributed by atoms with van der Waals surface area (Å²) in [5, 5.41) is 0. The van der Waals surface area contributed by atoms with Gasteiger partial charge in [0.25, 0.3) is 5.91 Å². The molecule has 0 atom stereocenters. The fourth-order valence-corrected chi connectivity index (χ4v) is 4.10. The molecule has 1 aliphatic heterocycles. The smallest absolute Gasteiger partial charge is 0.409 e. The number of hydrogen-bond donors (Lipinski definition) is 0. The molecule has 36 heavy (non-hydrogen) atoms. The van der Waals surface area contributed by atoms with Gasteiger partial charge in [0.1, 0.15) is 5.75 Å². The van der Waals surface area contributed by atoms with E-state index in [4.69, 9.17) is 4.74 Å². The lowest BCUT2D eigenvalue weighted by molar-refractivity contribution is 0.0624. The van der Waals surface area contributed by atoms with Crippen molar-refractivity contribution in [1.82, 2.24) is 14.7 Å². The van der Waals surface area contributed by atoms with Gasteiger partial charge < -0.3 is 14.5 Å². The van der Waals surface area contributed by atoms with Crippen LogP contribution in [0.1, 0.15) is 27.6 Å². The Balaban J connectivity index is 1.32. The first-order valence-corrected chi connectivity index (χ1v) is 12.2. The second kappa shape index (κ2) is 11.6. The van der Waals surface area contributed by atoms with E-state index in [1.807, 2.05) is 71.3 Å². The molecule has 1 saturated heterocycles. The molecule has 186 valence electrons. The van der Waals surface area contributed by atoms with Crippen LogP contribution in [0.15, 0.2) is 78.9 Å². The summed E-state index contributed by atoms with van der Waals surface area (Å²) in [6.07, 6.45) is -0.498. The number of ketones is 1. The maximum atomic E-state index is 13.0. The number of nitrogens with zero attached hydrogens (tertiary/aromatic N) is 3. The topological polar surface area (TPSA) is 70.2 Å². The molecule has 1 aliphatic rings. The molecule has 3 aromatic carbocycles. The Morgan fingerprint density at radius 2 is 1.42 bits per heavy atom. The van der Waals surface area contributed by atoms with Gasteiger partial charge in [-0.3, -0.25) is 14.5 Å². The predicted octanol–water partition coefficient (Wildman–Crippen LogP) is 4.44. The molecule has 7 heteroatoms. The van der Waals surface area contributed by atoms with Gasteiger partial charge in [0.2, 0.25) is 0 Å². The molecule has 0 N–H and O–H groups in total. The van der Waals surface area contributed by atoms with E-state index in [0.717, 1.165) is 11.1 Å². The lowest BCUT2D eigenvalue weighted by atomic mass is 10.0. The van der Waals surface area contributed by atoms with Gasteiger partial charge in [0.15, 0.2) is 5.78 Å². The van der Waals surface area contributed by atoms with Crippen LogP contribution in [0.2, 0.25) is 0 Å². The molecule has 0 radical (unpaired) electrons. The Morgan fingerprint density at radius 3 is 2.08 bits per heavy atom. The van der Waals surface area contributed by atoms with Crippen LogP contribution in [0.3, 0.4) is 0 Å². The van der Waals surface area contributed by atoms with Crippen LogP contribution < -0.4 is 4.74 Å². The number of rotatable bonds is 7. The van der Waals surface area contributed by atoms with Gasteiger partial charge in [-0.1, -0.05) is 54.6 Å². The lowest BCUT2D eigenvalue weighted by Crippen LogP contribution is -2.49. The predicted molar refractivity (Wildman–Crippen MR) is 139 cm³/mol. The van der Waals surface area contributed by atoms with Crippen LogP contribution in [0.25, 0.3) is 11.1 Å². The molecular formula is C29H31N3O4. The zero-order valence-corrected chi connectivity index (χ0v) is 20.7. The number of piperazine rings is 1. The number of amides is 2. The maximum absolute atomic E-state index is 13.0. The van der Waals surface area contributed by atoms with Crippen molar-refractivity contribution >= 4 is 17.8 Å². The van der Waals surface area contributed by atoms with E-state index in [-0.39, 0.29) is 24.0 Å². The fourth-order valence-electron chi connectivity index (χ4n) is 4.10. The molecule has 0 unspecified atom stereocenters. The Hall–Kier alpha value is -3.97. The zero-order chi connectivity index (χ0) is 25.5. The molecule has 4 rings (SSSR count). The maximum Gasteiger partial charge on any atom is 0.414 e. The van der Waals surface area contributed by atoms with Crippen molar-refractivity contribution < 1.29 is 19.1 Å². The summed E-state index contributed by atoms with van der Waals surface area (Å²) >= 11 is 0. The normalized spacial score (nSPS) is 13.8. The molecule has 7 nitrogen and oxygen atoms in total. The van der Waals surface area contributed by atoms with Gasteiger partial charge in [-0.05, 0) is 42.3 Å². The van der Waals surface area contributed by atoms with Crippen LogP contribution in [0.4, 0.5) is 4.79 Å². The first kappa shape index (κ1) is 25.1. The summed E-state index contributed by atoms with van der Waals surface area (Å²) in [6, 6.07) is 24.5. The van der Waals surface area contributed by atoms with Crippen molar-refractivity contribution in [3.8, 4) is 16.9 Å². The molecular weight excluding hydrogens is 454 g/mol. The average molecular weight is 486 g/mol. The third-order valence-electron chi connectivity index (χ3n) is 6.44. The number of benzene rings is 3. The molecule has 1 fully saturated rings. The van der Waals surface area contributed by atoms with Gasteiger partial charge >= 0.3 is 6.09 Å². The molecule has 0 spiro atoms. The highest BCUT2D eigenvalue weighted by atomic mass is 16.6. The van der Waals surface area contributed by atoms with Crippen molar-refractivity contribution in [2.75, 3.05) is 46.3 Å². The van der Waals surface area contributed by atoms with Crippen LogP contribution >= 0.6 is 0 Å². The SMILES string of the molecule is CCN(C)C(=O)Oc1ccccc1C(=O)CN1CCN(C(=O)c2ccc(-c3ccccc3)cc2)CC1. The quantitative estimate of drug-likeness (QED) is 0.463. The van der Waals surface area contributed by atoms with E-state index < -0.39 is 6.09 Å². The van der Waals surface area contributed by atoms with E-state index in [1.54, 1.807) is 31.3 Å². The number of ether oxygens (including phenoxy) is 1. The van der Waals surface area contributed by atoms with Crippen molar-refractivity contribution in [2.45, 2.75) is 6.92 Å². The minimum atomic E-state index is -0.498. The Bertz CT molecular complexity index is 1200. The summed E-state index contributed by atoms with van der Waals surface area (Å²) < 4.78 is 5.44. The summed E-state index contributed by atoms with van der Waals surface area (Å²) in [7, 11) is 1.64. The number of Topliss-reactive ketones (excluding diaryl/α,β-unsaturated/α-hetero) is 1. The van der Waals surface area contributed by atoms with E-state index >= 15 is 0 Å². The van der Waals surface area contributed by atoms with Gasteiger partial charge in [-0.15, -0.1) is 0 Å². The van der Waals surface area contributed by atoms with E-state index in [2.05, 4.69) is 0 Å². The minimum absolute atomic E-state index is 0.00195. The average Bonchev–Trinajstić information content (AvgIpc) is 2.93. The lowest BCUT2D eigenvalue weighted by Gasteiger charge is -2.34. The first-order valence-electron chi connectivity index (χ1n) is 12.2. The minimum Gasteiger partial charge on any atom is -0.409 e. The summed E-state index contributed by atoms with van der Waals surface area (Å²) in [4.78, 5) is 43.5. The molecule has 1 heterocycles. The third kappa shape index (κ3) is 5.98. The standard InChI is InChI=1S/C29H31N3O4/c1-3-30(2)29(35)36-27-12-8-7-11-25(27)26(33)21-31-17-19-32(20-18-31)28(34)24-15-13-23(14-16-24)22-9-5-4-6-10-22/h4-16H,3,17-21H2,1-2H3. The Kier molecular flexibility index (Phi) is 8.13. The van der Waals surface area contributed by atoms with Crippen LogP contribution in [0, 0.1) is 0 Å². The molecule has 0 aliphatic carbocycles. The number of para-hydroxylation sites is 1. The largest absolute Gasteiger partial charge is 0.414 e. The number of carbonyl (C=O) groups is 3. The van der Waals surface area contributed by atoms with Crippen molar-refractivity contribution in [1.29, 1.82) is 0 Å². The Morgan fingerprint density at radius 1 is 0.806 bits per heavy atom. The van der Waals surface area contributed by atoms with Crippen molar-refractivity contribution in [2.24, 2.45) is 0 Å². The molecule has 0 bridgehead atoms. The summed E-state index contributed by atoms with van der Waals surface area (Å²) in [5.41, 5.74) is 3.23. The fraction of sp³-hybridized carbons (Fsp3) is 0.276. The summed E-state index contributed by atoms with van der Waals surface area (Å²) in [6.45, 7) is 4.85. The van der Waals surface area contributed by atoms with Crippen LogP contribution in [-0.2, 0) is 0 Å². The van der Waals surface area contributed by atoms with E-state index in [9.17, 15) is 14.4 Å².